The molecule has 2 aliphatic rings. The molecule has 0 amide bonds. The Balaban J connectivity index is 0.000000111. The molecule has 0 saturated carbocycles. The number of fused-ring (bicyclic) bond motifs is 10. The molecule has 0 radical (unpaired) electrons. The first-order valence-electron chi connectivity index (χ1n) is 46.1. The van der Waals surface area contributed by atoms with E-state index in [1.807, 2.05) is 109 Å². The van der Waals surface area contributed by atoms with Crippen LogP contribution in [0.5, 0.6) is 0 Å². The lowest BCUT2D eigenvalue weighted by atomic mass is 9.67. The van der Waals surface area contributed by atoms with E-state index in [2.05, 4.69) is 446 Å². The summed E-state index contributed by atoms with van der Waals surface area (Å²) in [7, 11) is 0. The van der Waals surface area contributed by atoms with Crippen LogP contribution in [-0.4, -0.2) is 0 Å². The van der Waals surface area contributed by atoms with Crippen molar-refractivity contribution in [2.24, 2.45) is 0 Å². The van der Waals surface area contributed by atoms with E-state index in [1.54, 1.807) is 0 Å². The number of para-hydroxylation sites is 7. The maximum absolute atomic E-state index is 6.53. The Bertz CT molecular complexity index is 7950. The van der Waals surface area contributed by atoms with E-state index in [0.717, 1.165) is 122 Å². The molecule has 0 bridgehead atoms. The second-order valence-corrected chi connectivity index (χ2v) is 36.4. The highest BCUT2D eigenvalue weighted by Gasteiger charge is 2.47. The molecule has 137 heavy (non-hydrogen) atoms. The molecule has 0 N–H and O–H groups in total. The predicted octanol–water partition coefficient (Wildman–Crippen LogP) is 38.0. The standard InChI is InChI=1S/C41H28ClN.C33H24ClNO.C30H22ClN.C24H18ClN/c42-33-19-12-22-35(27-33)43(34-20-8-3-9-21-34)36-23-24-39-38(28-36)37-25-29-13-10-11-14-30(29)26-40(37)41(39,31-15-4-1-5-16-31)32-17-6-2-7-18-32;1-33(2)28-14-5-3-11-24(28)25-18-17-23(20-29(25)33)35(22-10-7-9-21(34)19-22)30-15-8-13-27-26-12-4-6-16-31(26)36-32(27)30;31-26-19-15-25(16-20-26)29-13-7-8-14-30(29)32(27-11-5-2-6-12-27)28-21-17-24(18-22-28)23-9-3-1-4-10-23;25-24-14-8-7-13-23(24)19-15-17-22(18-16-19)26(20-9-3-1-4-10-20)21-11-5-2-6-12-21/h1-28H;3-20H,1-2H3;1-22H;1-18H. The fourth-order valence-electron chi connectivity index (χ4n) is 19.8. The molecule has 658 valence electrons. The lowest BCUT2D eigenvalue weighted by Gasteiger charge is -2.34. The Labute approximate surface area is 820 Å². The fourth-order valence-corrected chi connectivity index (χ4v) is 20.5. The van der Waals surface area contributed by atoms with Crippen LogP contribution in [0.2, 0.25) is 20.1 Å². The van der Waals surface area contributed by atoms with Gasteiger partial charge in [-0.05, 0) is 271 Å². The van der Waals surface area contributed by atoms with Gasteiger partial charge >= 0.3 is 0 Å². The molecule has 1 heterocycles. The Morgan fingerprint density at radius 3 is 1.18 bits per heavy atom. The zero-order chi connectivity index (χ0) is 92.8. The van der Waals surface area contributed by atoms with Crippen LogP contribution in [-0.2, 0) is 10.8 Å². The monoisotopic (exact) mass is 1840 g/mol. The van der Waals surface area contributed by atoms with Gasteiger partial charge in [0, 0.05) is 104 Å². The van der Waals surface area contributed by atoms with Gasteiger partial charge in [0.05, 0.1) is 16.8 Å². The van der Waals surface area contributed by atoms with Gasteiger partial charge in [-0.1, -0.05) is 400 Å². The predicted molar refractivity (Wildman–Crippen MR) is 581 cm³/mol. The van der Waals surface area contributed by atoms with E-state index in [9.17, 15) is 0 Å². The first-order chi connectivity index (χ1) is 67.4. The molecule has 0 spiro atoms. The third-order valence-electron chi connectivity index (χ3n) is 26.1. The van der Waals surface area contributed by atoms with Gasteiger partial charge in [0.1, 0.15) is 5.58 Å². The molecule has 0 saturated heterocycles. The summed E-state index contributed by atoms with van der Waals surface area (Å²) in [6.07, 6.45) is 0. The van der Waals surface area contributed by atoms with Crippen molar-refractivity contribution in [2.75, 3.05) is 19.6 Å². The SMILES string of the molecule is CC1(C)c2ccccc2-c2ccc(N(c3cccc(Cl)c3)c3cccc4c3oc3ccccc34)cc21.Clc1ccc(-c2ccccc2N(c2ccccc2)c2ccc(-c3ccccc3)cc2)cc1.Clc1cccc(N(c2ccccc2)c2ccc3c(c2)-c2cc4ccccc4cc2C3(c2ccccc2)c2ccccc2)c1.Clc1ccccc1-c1ccc(N(c2ccccc2)c2ccccc2)cc1. The first-order valence-corrected chi connectivity index (χ1v) is 47.6. The van der Waals surface area contributed by atoms with Gasteiger partial charge in [0.25, 0.3) is 0 Å². The normalized spacial score (nSPS) is 12.1. The summed E-state index contributed by atoms with van der Waals surface area (Å²) in [5.74, 6) is 0. The smallest absolute Gasteiger partial charge is 0.159 e. The van der Waals surface area contributed by atoms with Crippen molar-refractivity contribution in [1.82, 2.24) is 0 Å². The Morgan fingerprint density at radius 1 is 0.204 bits per heavy atom. The summed E-state index contributed by atoms with van der Waals surface area (Å²) < 4.78 is 6.45. The molecule has 0 aliphatic heterocycles. The molecule has 5 nitrogen and oxygen atoms in total. The Kier molecular flexibility index (Phi) is 24.9. The van der Waals surface area contributed by atoms with Crippen LogP contribution in [0, 0.1) is 0 Å². The summed E-state index contributed by atoms with van der Waals surface area (Å²) in [4.78, 5) is 9.10. The quantitative estimate of drug-likeness (QED) is 0.0905. The molecule has 0 unspecified atom stereocenters. The average Bonchev–Trinajstić information content (AvgIpc) is 1.53. The van der Waals surface area contributed by atoms with Crippen molar-refractivity contribution in [3.05, 3.63) is 575 Å². The van der Waals surface area contributed by atoms with Crippen molar-refractivity contribution >= 4 is 147 Å². The van der Waals surface area contributed by atoms with E-state index in [1.165, 1.54) is 77.5 Å². The zero-order valence-corrected chi connectivity index (χ0v) is 78.4. The number of halogens is 4. The third kappa shape index (κ3) is 17.5. The number of benzene rings is 21. The maximum Gasteiger partial charge on any atom is 0.159 e. The van der Waals surface area contributed by atoms with Gasteiger partial charge in [-0.25, -0.2) is 0 Å². The van der Waals surface area contributed by atoms with Gasteiger partial charge in [-0.2, -0.15) is 0 Å². The second-order valence-electron chi connectivity index (χ2n) is 34.7. The van der Waals surface area contributed by atoms with Gasteiger partial charge < -0.3 is 24.0 Å². The summed E-state index contributed by atoms with van der Waals surface area (Å²) in [6, 6.07) is 183. The van der Waals surface area contributed by atoms with E-state index < -0.39 is 5.41 Å². The van der Waals surface area contributed by atoms with Crippen LogP contribution < -0.4 is 19.6 Å². The lowest BCUT2D eigenvalue weighted by molar-refractivity contribution is 0.660. The highest BCUT2D eigenvalue weighted by Crippen LogP contribution is 2.59. The number of nitrogens with zero attached hydrogens (tertiary/aromatic N) is 4. The number of furan rings is 1. The number of anilines is 12. The van der Waals surface area contributed by atoms with Crippen LogP contribution in [0.1, 0.15) is 47.2 Å². The van der Waals surface area contributed by atoms with Crippen molar-refractivity contribution in [3.8, 4) is 55.6 Å². The number of hydrogen-bond acceptors (Lipinski definition) is 5. The summed E-state index contributed by atoms with van der Waals surface area (Å²) in [5, 5.41) is 7.62. The maximum atomic E-state index is 6.53. The highest BCUT2D eigenvalue weighted by molar-refractivity contribution is 6.33. The van der Waals surface area contributed by atoms with Crippen molar-refractivity contribution in [2.45, 2.75) is 24.7 Å². The largest absolute Gasteiger partial charge is 0.454 e. The van der Waals surface area contributed by atoms with Crippen molar-refractivity contribution in [3.63, 3.8) is 0 Å². The van der Waals surface area contributed by atoms with Crippen LogP contribution in [0.3, 0.4) is 0 Å². The highest BCUT2D eigenvalue weighted by atomic mass is 35.5. The molecule has 24 rings (SSSR count). The lowest BCUT2D eigenvalue weighted by Crippen LogP contribution is -2.28. The molecule has 2 aliphatic carbocycles. The van der Waals surface area contributed by atoms with Crippen LogP contribution in [0.25, 0.3) is 88.3 Å². The topological polar surface area (TPSA) is 26.1 Å². The fraction of sp³-hybridized carbons (Fsp3) is 0.0312. The Hall–Kier alpha value is -16.0. The van der Waals surface area contributed by atoms with Crippen LogP contribution >= 0.6 is 46.4 Å². The molecular formula is C128H92Cl4N4O. The van der Waals surface area contributed by atoms with Crippen molar-refractivity contribution < 1.29 is 4.42 Å². The van der Waals surface area contributed by atoms with Crippen molar-refractivity contribution in [1.29, 1.82) is 0 Å². The minimum atomic E-state index is -0.455. The average molecular weight is 1840 g/mol. The summed E-state index contributed by atoms with van der Waals surface area (Å²) >= 11 is 25.5. The van der Waals surface area contributed by atoms with E-state index in [0.29, 0.717) is 10.0 Å². The third-order valence-corrected chi connectivity index (χ3v) is 27.2. The summed E-state index contributed by atoms with van der Waals surface area (Å²) in [5.41, 5.74) is 34.0. The van der Waals surface area contributed by atoms with E-state index in [4.69, 9.17) is 50.8 Å². The molecular weight excluding hydrogens is 1750 g/mol. The molecule has 9 heteroatoms. The minimum Gasteiger partial charge on any atom is -0.454 e. The molecule has 22 aromatic rings. The second kappa shape index (κ2) is 38.9. The zero-order valence-electron chi connectivity index (χ0n) is 75.4. The van der Waals surface area contributed by atoms with Gasteiger partial charge in [-0.3, -0.25) is 0 Å². The molecule has 0 atom stereocenters. The van der Waals surface area contributed by atoms with E-state index in [-0.39, 0.29) is 5.41 Å². The molecule has 21 aromatic carbocycles. The van der Waals surface area contributed by atoms with Gasteiger partial charge in [-0.15, -0.1) is 0 Å². The van der Waals surface area contributed by atoms with Gasteiger partial charge in [0.2, 0.25) is 0 Å². The number of hydrogen-bond donors (Lipinski definition) is 0. The minimum absolute atomic E-state index is 0.0900. The van der Waals surface area contributed by atoms with Crippen LogP contribution in [0.4, 0.5) is 68.2 Å². The number of rotatable bonds is 17. The van der Waals surface area contributed by atoms with Crippen LogP contribution in [0.15, 0.2) is 526 Å². The summed E-state index contributed by atoms with van der Waals surface area (Å²) in [6.45, 7) is 4.62. The van der Waals surface area contributed by atoms with E-state index >= 15 is 0 Å². The van der Waals surface area contributed by atoms with Gasteiger partial charge in [0.15, 0.2) is 5.58 Å². The molecule has 1 aromatic heterocycles. The Morgan fingerprint density at radius 2 is 0.584 bits per heavy atom. The molecule has 0 fully saturated rings. The first kappa shape index (κ1) is 87.7.